The standard InChI is InChI=1S/C13H21N3O2S/c1-13(2,3)11-14-12(19-15-11)16-6-4-5-9(8-16)7-10(17)18/h9H,4-8H2,1-3H3,(H,17,18). The largest absolute Gasteiger partial charge is 0.481 e. The van der Waals surface area contributed by atoms with Gasteiger partial charge in [-0.15, -0.1) is 0 Å². The van der Waals surface area contributed by atoms with Crippen molar-refractivity contribution in [2.75, 3.05) is 18.0 Å². The lowest BCUT2D eigenvalue weighted by molar-refractivity contribution is -0.138. The van der Waals surface area contributed by atoms with Crippen LogP contribution in [-0.4, -0.2) is 33.5 Å². The molecule has 1 aliphatic heterocycles. The number of carboxylic acid groups (broad SMARTS) is 1. The van der Waals surface area contributed by atoms with Crippen molar-refractivity contribution in [3.05, 3.63) is 5.82 Å². The van der Waals surface area contributed by atoms with Crippen molar-refractivity contribution in [2.45, 2.75) is 45.4 Å². The molecule has 1 N–H and O–H groups in total. The Morgan fingerprint density at radius 1 is 1.53 bits per heavy atom. The molecule has 0 aromatic carbocycles. The molecule has 1 aliphatic rings. The minimum atomic E-state index is -0.709. The summed E-state index contributed by atoms with van der Waals surface area (Å²) in [6, 6.07) is 0. The van der Waals surface area contributed by atoms with Crippen LogP contribution in [0.5, 0.6) is 0 Å². The molecule has 1 atom stereocenters. The van der Waals surface area contributed by atoms with Gasteiger partial charge in [0.2, 0.25) is 5.13 Å². The van der Waals surface area contributed by atoms with Crippen molar-refractivity contribution in [3.8, 4) is 0 Å². The van der Waals surface area contributed by atoms with Gasteiger partial charge < -0.3 is 10.0 Å². The lowest BCUT2D eigenvalue weighted by Crippen LogP contribution is -2.36. The summed E-state index contributed by atoms with van der Waals surface area (Å²) in [5.41, 5.74) is -0.0367. The van der Waals surface area contributed by atoms with Gasteiger partial charge in [0.1, 0.15) is 5.82 Å². The summed E-state index contributed by atoms with van der Waals surface area (Å²) in [6.45, 7) is 8.03. The summed E-state index contributed by atoms with van der Waals surface area (Å²) in [5.74, 6) is 0.389. The van der Waals surface area contributed by atoms with Crippen molar-refractivity contribution < 1.29 is 9.90 Å². The fourth-order valence-corrected chi connectivity index (χ4v) is 3.19. The molecule has 1 aromatic heterocycles. The van der Waals surface area contributed by atoms with Gasteiger partial charge in [0.15, 0.2) is 0 Å². The van der Waals surface area contributed by atoms with Crippen LogP contribution >= 0.6 is 11.5 Å². The SMILES string of the molecule is CC(C)(C)c1nsc(N2CCCC(CC(=O)O)C2)n1. The summed E-state index contributed by atoms with van der Waals surface area (Å²) in [6.07, 6.45) is 2.28. The van der Waals surface area contributed by atoms with Gasteiger partial charge in [-0.2, -0.15) is 4.37 Å². The van der Waals surface area contributed by atoms with E-state index in [0.29, 0.717) is 0 Å². The molecule has 0 spiro atoms. The first-order valence-electron chi connectivity index (χ1n) is 6.67. The maximum Gasteiger partial charge on any atom is 0.303 e. The Morgan fingerprint density at radius 3 is 2.84 bits per heavy atom. The van der Waals surface area contributed by atoms with E-state index < -0.39 is 5.97 Å². The molecule has 0 radical (unpaired) electrons. The van der Waals surface area contributed by atoms with E-state index in [1.165, 1.54) is 11.5 Å². The van der Waals surface area contributed by atoms with E-state index in [4.69, 9.17) is 5.11 Å². The fraction of sp³-hybridized carbons (Fsp3) is 0.769. The maximum absolute atomic E-state index is 10.8. The Kier molecular flexibility index (Phi) is 4.08. The molecule has 5 nitrogen and oxygen atoms in total. The lowest BCUT2D eigenvalue weighted by Gasteiger charge is -2.31. The molecule has 2 rings (SSSR count). The molecule has 0 bridgehead atoms. The third-order valence-electron chi connectivity index (χ3n) is 3.34. The number of carboxylic acids is 1. The molecule has 0 amide bonds. The number of aliphatic carboxylic acids is 1. The zero-order valence-electron chi connectivity index (χ0n) is 11.7. The molecule has 1 aromatic rings. The highest BCUT2D eigenvalue weighted by atomic mass is 32.1. The lowest BCUT2D eigenvalue weighted by atomic mass is 9.95. The van der Waals surface area contributed by atoms with Crippen molar-refractivity contribution in [1.82, 2.24) is 9.36 Å². The van der Waals surface area contributed by atoms with E-state index in [-0.39, 0.29) is 17.8 Å². The van der Waals surface area contributed by atoms with Crippen LogP contribution < -0.4 is 4.90 Å². The minimum absolute atomic E-state index is 0.0367. The van der Waals surface area contributed by atoms with Gasteiger partial charge in [0.05, 0.1) is 0 Å². The summed E-state index contributed by atoms with van der Waals surface area (Å²) in [5, 5.41) is 9.82. The summed E-state index contributed by atoms with van der Waals surface area (Å²) in [4.78, 5) is 17.6. The van der Waals surface area contributed by atoms with Gasteiger partial charge in [-0.1, -0.05) is 20.8 Å². The molecule has 19 heavy (non-hydrogen) atoms. The molecular weight excluding hydrogens is 262 g/mol. The van der Waals surface area contributed by atoms with Gasteiger partial charge in [0.25, 0.3) is 0 Å². The Hall–Kier alpha value is -1.17. The molecule has 0 saturated carbocycles. The number of nitrogens with zero attached hydrogens (tertiary/aromatic N) is 3. The maximum atomic E-state index is 10.8. The smallest absolute Gasteiger partial charge is 0.303 e. The first-order valence-corrected chi connectivity index (χ1v) is 7.44. The molecule has 1 saturated heterocycles. The average Bonchev–Trinajstić information content (AvgIpc) is 2.77. The first-order chi connectivity index (χ1) is 8.86. The summed E-state index contributed by atoms with van der Waals surface area (Å²) in [7, 11) is 0. The molecule has 1 fully saturated rings. The number of rotatable bonds is 3. The highest BCUT2D eigenvalue weighted by Crippen LogP contribution is 2.29. The molecule has 1 unspecified atom stereocenters. The predicted octanol–water partition coefficient (Wildman–Crippen LogP) is 2.53. The molecular formula is C13H21N3O2S. The summed E-state index contributed by atoms with van der Waals surface area (Å²) < 4.78 is 4.42. The second-order valence-corrected chi connectivity index (χ2v) is 6.93. The normalized spacial score (nSPS) is 20.6. The molecule has 106 valence electrons. The van der Waals surface area contributed by atoms with Crippen molar-refractivity contribution in [2.24, 2.45) is 5.92 Å². The Labute approximate surface area is 117 Å². The number of hydrogen-bond acceptors (Lipinski definition) is 5. The quantitative estimate of drug-likeness (QED) is 0.923. The average molecular weight is 283 g/mol. The Morgan fingerprint density at radius 2 is 2.26 bits per heavy atom. The Bertz CT molecular complexity index is 453. The number of anilines is 1. The number of hydrogen-bond donors (Lipinski definition) is 1. The van der Waals surface area contributed by atoms with Crippen LogP contribution in [0, 0.1) is 5.92 Å². The van der Waals surface area contributed by atoms with Gasteiger partial charge in [0, 0.05) is 36.5 Å². The van der Waals surface area contributed by atoms with E-state index in [0.717, 1.165) is 36.9 Å². The van der Waals surface area contributed by atoms with Crippen molar-refractivity contribution >= 4 is 22.6 Å². The van der Waals surface area contributed by atoms with Gasteiger partial charge in [-0.25, -0.2) is 4.98 Å². The van der Waals surface area contributed by atoms with E-state index in [2.05, 4.69) is 35.0 Å². The van der Waals surface area contributed by atoms with Crippen molar-refractivity contribution in [3.63, 3.8) is 0 Å². The van der Waals surface area contributed by atoms with E-state index in [9.17, 15) is 4.79 Å². The van der Waals surface area contributed by atoms with Gasteiger partial charge in [-0.05, 0) is 18.8 Å². The van der Waals surface area contributed by atoms with Crippen LogP contribution in [-0.2, 0) is 10.2 Å². The van der Waals surface area contributed by atoms with Gasteiger partial charge >= 0.3 is 5.97 Å². The highest BCUT2D eigenvalue weighted by molar-refractivity contribution is 7.09. The van der Waals surface area contributed by atoms with E-state index in [1.54, 1.807) is 0 Å². The molecule has 6 heteroatoms. The third kappa shape index (κ3) is 3.65. The van der Waals surface area contributed by atoms with E-state index >= 15 is 0 Å². The second kappa shape index (κ2) is 5.45. The fourth-order valence-electron chi connectivity index (χ4n) is 2.30. The van der Waals surface area contributed by atoms with Crippen LogP contribution in [0.2, 0.25) is 0 Å². The van der Waals surface area contributed by atoms with E-state index in [1.807, 2.05) is 0 Å². The zero-order chi connectivity index (χ0) is 14.0. The minimum Gasteiger partial charge on any atom is -0.481 e. The monoisotopic (exact) mass is 283 g/mol. The van der Waals surface area contributed by atoms with Crippen LogP contribution in [0.15, 0.2) is 0 Å². The second-order valence-electron chi connectivity index (χ2n) is 6.20. The number of carbonyl (C=O) groups is 1. The topological polar surface area (TPSA) is 66.3 Å². The summed E-state index contributed by atoms with van der Waals surface area (Å²) >= 11 is 1.42. The van der Waals surface area contributed by atoms with Gasteiger partial charge in [-0.3, -0.25) is 4.79 Å². The molecule has 0 aliphatic carbocycles. The highest BCUT2D eigenvalue weighted by Gasteiger charge is 2.26. The van der Waals surface area contributed by atoms with Crippen LogP contribution in [0.4, 0.5) is 5.13 Å². The number of piperidine rings is 1. The third-order valence-corrected chi connectivity index (χ3v) is 4.12. The van der Waals surface area contributed by atoms with Crippen LogP contribution in [0.25, 0.3) is 0 Å². The zero-order valence-corrected chi connectivity index (χ0v) is 12.5. The number of aromatic nitrogens is 2. The van der Waals surface area contributed by atoms with Crippen LogP contribution in [0.3, 0.4) is 0 Å². The first kappa shape index (κ1) is 14.2. The van der Waals surface area contributed by atoms with Crippen LogP contribution in [0.1, 0.15) is 45.9 Å². The molecule has 2 heterocycles. The Balaban J connectivity index is 2.05. The van der Waals surface area contributed by atoms with Crippen molar-refractivity contribution in [1.29, 1.82) is 0 Å². The predicted molar refractivity (Wildman–Crippen MR) is 75.8 cm³/mol.